The summed E-state index contributed by atoms with van der Waals surface area (Å²) in [6.07, 6.45) is 11.9. The largest absolute Gasteiger partial charge is 0.740 e. The molecule has 4 aliphatic rings. The number of anilines is 2. The van der Waals surface area contributed by atoms with E-state index in [0.717, 1.165) is 66.8 Å². The summed E-state index contributed by atoms with van der Waals surface area (Å²) in [5.74, 6) is 0. The highest BCUT2D eigenvalue weighted by molar-refractivity contribution is 7.91. The lowest BCUT2D eigenvalue weighted by atomic mass is 9.99. The topological polar surface area (TPSA) is 114 Å². The van der Waals surface area contributed by atoms with Crippen molar-refractivity contribution >= 4 is 27.6 Å². The van der Waals surface area contributed by atoms with Gasteiger partial charge in [0.05, 0.1) is 17.9 Å². The molecule has 1 saturated heterocycles. The second-order valence-corrected chi connectivity index (χ2v) is 12.3. The van der Waals surface area contributed by atoms with E-state index in [-0.39, 0.29) is 10.5 Å². The molecule has 0 unspecified atom stereocenters. The molecule has 6 rings (SSSR count). The predicted octanol–water partition coefficient (Wildman–Crippen LogP) is 3.37. The van der Waals surface area contributed by atoms with Crippen molar-refractivity contribution in [2.75, 3.05) is 29.8 Å². The van der Waals surface area contributed by atoms with Crippen LogP contribution in [0, 0.1) is 5.21 Å². The van der Waals surface area contributed by atoms with E-state index < -0.39 is 22.3 Å². The summed E-state index contributed by atoms with van der Waals surface area (Å²) in [4.78, 5) is 15.4. The molecule has 0 spiro atoms. The number of likely N-dealkylation sites (tertiary alicyclic amines) is 1. The maximum Gasteiger partial charge on any atom is 0.326 e. The highest BCUT2D eigenvalue weighted by Gasteiger charge is 2.37. The number of nitrogens with zero attached hydrogens (tertiary/aromatic N) is 5. The zero-order valence-corrected chi connectivity index (χ0v) is 21.5. The van der Waals surface area contributed by atoms with Crippen LogP contribution in [0.25, 0.3) is 0 Å². The average molecular weight is 514 g/mol. The van der Waals surface area contributed by atoms with Gasteiger partial charge in [0.15, 0.2) is 0 Å². The molecule has 0 bridgehead atoms. The number of aromatic nitrogens is 2. The molecule has 1 saturated carbocycles. The van der Waals surface area contributed by atoms with E-state index in [4.69, 9.17) is 0 Å². The first-order valence-electron chi connectivity index (χ1n) is 13.0. The molecule has 1 aromatic heterocycles. The van der Waals surface area contributed by atoms with E-state index in [1.165, 1.54) is 17.3 Å². The number of amides is 2. The Hall–Kier alpha value is -2.63. The molecule has 11 heteroatoms. The zero-order valence-electron chi connectivity index (χ0n) is 20.6. The molecule has 36 heavy (non-hydrogen) atoms. The monoisotopic (exact) mass is 513 g/mol. The molecular formula is C25H33N6O4S-. The van der Waals surface area contributed by atoms with Crippen molar-refractivity contribution < 1.29 is 13.2 Å². The van der Waals surface area contributed by atoms with Gasteiger partial charge in [-0.15, -0.1) is 0 Å². The molecule has 194 valence electrons. The van der Waals surface area contributed by atoms with Gasteiger partial charge in [-0.25, -0.2) is 9.10 Å². The number of hydrogen-bond donors (Lipinski definition) is 1. The molecule has 1 aromatic carbocycles. The van der Waals surface area contributed by atoms with Crippen molar-refractivity contribution in [2.45, 2.75) is 76.3 Å². The van der Waals surface area contributed by atoms with Gasteiger partial charge < -0.3 is 15.4 Å². The van der Waals surface area contributed by atoms with Gasteiger partial charge in [0.2, 0.25) is 0 Å². The molecule has 2 heterocycles. The van der Waals surface area contributed by atoms with E-state index in [1.807, 2.05) is 7.05 Å². The van der Waals surface area contributed by atoms with Gasteiger partial charge >= 0.3 is 16.2 Å². The van der Waals surface area contributed by atoms with Crippen molar-refractivity contribution in [3.05, 3.63) is 45.9 Å². The Bertz CT molecular complexity index is 1250. The molecule has 2 aromatic rings. The Kier molecular flexibility index (Phi) is 5.96. The molecule has 1 N–H and O–H groups in total. The third-order valence-electron chi connectivity index (χ3n) is 8.11. The number of benzene rings is 1. The van der Waals surface area contributed by atoms with Crippen molar-refractivity contribution in [1.82, 2.24) is 19.1 Å². The summed E-state index contributed by atoms with van der Waals surface area (Å²) >= 11 is 0. The number of hydrogen-bond acceptors (Lipinski definition) is 6. The zero-order chi connectivity index (χ0) is 25.0. The van der Waals surface area contributed by atoms with Crippen molar-refractivity contribution in [3.63, 3.8) is 0 Å². The first-order valence-corrected chi connectivity index (χ1v) is 14.4. The van der Waals surface area contributed by atoms with Crippen molar-refractivity contribution in [2.24, 2.45) is 0 Å². The number of nitrogens with one attached hydrogen (secondary N) is 1. The van der Waals surface area contributed by atoms with Crippen LogP contribution in [-0.4, -0.2) is 59.8 Å². The SMILES string of the molecule is CN1CCC(N(c2cnn(C3CC3)c2)S(=O)(=O)N([O-])C(=O)Nc2c3c(cc4c2CCC4)CCC3)CC1. The summed E-state index contributed by atoms with van der Waals surface area (Å²) < 4.78 is 30.0. The number of carbonyl (C=O) groups is 1. The summed E-state index contributed by atoms with van der Waals surface area (Å²) in [6, 6.07) is 0.926. The number of urea groups is 1. The van der Waals surface area contributed by atoms with E-state index in [2.05, 4.69) is 21.4 Å². The van der Waals surface area contributed by atoms with Gasteiger partial charge in [-0.3, -0.25) is 9.15 Å². The second-order valence-electron chi connectivity index (χ2n) is 10.6. The normalized spacial score (nSPS) is 20.3. The first-order chi connectivity index (χ1) is 17.3. The Morgan fingerprint density at radius 2 is 1.69 bits per heavy atom. The fourth-order valence-corrected chi connectivity index (χ4v) is 7.41. The molecule has 2 fully saturated rings. The number of carbonyl (C=O) groups excluding carboxylic acids is 1. The van der Waals surface area contributed by atoms with Crippen LogP contribution in [-0.2, 0) is 35.9 Å². The van der Waals surface area contributed by atoms with E-state index in [9.17, 15) is 18.4 Å². The Morgan fingerprint density at radius 3 is 2.31 bits per heavy atom. The predicted molar refractivity (Wildman–Crippen MR) is 137 cm³/mol. The van der Waals surface area contributed by atoms with Gasteiger partial charge in [-0.05, 0) is 107 Å². The molecule has 2 amide bonds. The summed E-state index contributed by atoms with van der Waals surface area (Å²) in [6.45, 7) is 1.42. The van der Waals surface area contributed by atoms with Gasteiger partial charge in [0.25, 0.3) is 0 Å². The Labute approximate surface area is 212 Å². The smallest absolute Gasteiger partial charge is 0.326 e. The minimum atomic E-state index is -4.68. The lowest BCUT2D eigenvalue weighted by Crippen LogP contribution is -2.52. The van der Waals surface area contributed by atoms with Crippen molar-refractivity contribution in [1.29, 1.82) is 0 Å². The summed E-state index contributed by atoms with van der Waals surface area (Å²) in [5.41, 5.74) is 5.50. The van der Waals surface area contributed by atoms with Crippen LogP contribution in [0.4, 0.5) is 16.2 Å². The fourth-order valence-electron chi connectivity index (χ4n) is 6.05. The molecule has 0 radical (unpaired) electrons. The minimum absolute atomic E-state index is 0.273. The second kappa shape index (κ2) is 9.04. The third kappa shape index (κ3) is 4.16. The summed E-state index contributed by atoms with van der Waals surface area (Å²) in [7, 11) is -2.69. The molecule has 3 aliphatic carbocycles. The van der Waals surface area contributed by atoms with Crippen LogP contribution in [0.2, 0.25) is 0 Å². The summed E-state index contributed by atoms with van der Waals surface area (Å²) in [5, 5.41) is 20.4. The Balaban J connectivity index is 1.30. The van der Waals surface area contributed by atoms with E-state index >= 15 is 0 Å². The van der Waals surface area contributed by atoms with Gasteiger partial charge in [0, 0.05) is 17.9 Å². The number of aryl methyl sites for hydroxylation is 2. The quantitative estimate of drug-likeness (QED) is 0.593. The van der Waals surface area contributed by atoms with Crippen LogP contribution in [0.1, 0.15) is 66.8 Å². The number of piperidine rings is 1. The van der Waals surface area contributed by atoms with Gasteiger partial charge in [-0.2, -0.15) is 13.5 Å². The fraction of sp³-hybridized carbons (Fsp3) is 0.600. The Morgan fingerprint density at radius 1 is 1.06 bits per heavy atom. The lowest BCUT2D eigenvalue weighted by Gasteiger charge is -2.41. The number of hydroxylamine groups is 1. The molecule has 1 aliphatic heterocycles. The minimum Gasteiger partial charge on any atom is -0.740 e. The van der Waals surface area contributed by atoms with Crippen molar-refractivity contribution in [3.8, 4) is 0 Å². The number of fused-ring (bicyclic) bond motifs is 2. The van der Waals surface area contributed by atoms with Crippen LogP contribution in [0.3, 0.4) is 0 Å². The maximum atomic E-state index is 13.7. The highest BCUT2D eigenvalue weighted by atomic mass is 32.2. The molecule has 10 nitrogen and oxygen atoms in total. The molecule has 0 atom stereocenters. The first kappa shape index (κ1) is 23.7. The standard InChI is InChI=1S/C25H33N6O4S/c1-28-12-10-20(11-13-28)30(21-15-26-29(16-21)19-8-9-19)36(34,35)31(33)25(32)27-24-22-6-2-4-17(22)14-18-5-3-7-23(18)24/h14-16,19-20H,2-13H2,1H3,(H,27,32)/q-1. The third-order valence-corrected chi connectivity index (χ3v) is 9.70. The van der Waals surface area contributed by atoms with Crippen LogP contribution >= 0.6 is 0 Å². The van der Waals surface area contributed by atoms with Gasteiger partial charge in [0.1, 0.15) is 0 Å². The number of rotatable bonds is 6. The lowest BCUT2D eigenvalue weighted by molar-refractivity contribution is 0.242. The van der Waals surface area contributed by atoms with Gasteiger partial charge in [-0.1, -0.05) is 6.07 Å². The van der Waals surface area contributed by atoms with Crippen LogP contribution in [0.15, 0.2) is 18.5 Å². The highest BCUT2D eigenvalue weighted by Crippen LogP contribution is 2.39. The van der Waals surface area contributed by atoms with E-state index in [0.29, 0.717) is 37.3 Å². The molecular weight excluding hydrogens is 480 g/mol. The average Bonchev–Trinajstić information content (AvgIpc) is 3.23. The maximum absolute atomic E-state index is 13.7. The van der Waals surface area contributed by atoms with Crippen LogP contribution < -0.4 is 9.62 Å². The van der Waals surface area contributed by atoms with Crippen LogP contribution in [0.5, 0.6) is 0 Å². The van der Waals surface area contributed by atoms with E-state index in [1.54, 1.807) is 10.9 Å².